The van der Waals surface area contributed by atoms with E-state index >= 15 is 0 Å². The van der Waals surface area contributed by atoms with Gasteiger partial charge in [-0.25, -0.2) is 4.79 Å². The molecule has 1 fully saturated rings. The number of hydrogen-bond acceptors (Lipinski definition) is 2. The van der Waals surface area contributed by atoms with Crippen molar-refractivity contribution in [2.24, 2.45) is 0 Å². The molecule has 0 aromatic heterocycles. The van der Waals surface area contributed by atoms with Crippen LogP contribution < -0.4 is 10.6 Å². The number of anilines is 1. The number of rotatable bonds is 2. The number of benzene rings is 1. The highest BCUT2D eigenvalue weighted by Gasteiger charge is 2.21. The summed E-state index contributed by atoms with van der Waals surface area (Å²) in [6.45, 7) is 2.94. The van der Waals surface area contributed by atoms with Crippen LogP contribution in [0.2, 0.25) is 0 Å². The third-order valence-electron chi connectivity index (χ3n) is 3.56. The second-order valence-corrected chi connectivity index (χ2v) is 5.10. The van der Waals surface area contributed by atoms with Gasteiger partial charge in [-0.05, 0) is 31.0 Å². The first-order valence-electron chi connectivity index (χ1n) is 6.98. The van der Waals surface area contributed by atoms with E-state index in [4.69, 9.17) is 6.42 Å². The second kappa shape index (κ2) is 6.80. The van der Waals surface area contributed by atoms with Gasteiger partial charge in [-0.15, -0.1) is 6.42 Å². The van der Waals surface area contributed by atoms with Crippen molar-refractivity contribution in [2.45, 2.75) is 25.8 Å². The molecule has 1 heterocycles. The Morgan fingerprint density at radius 1 is 1.33 bits per heavy atom. The number of hydrogen-bond donors (Lipinski definition) is 2. The first kappa shape index (κ1) is 14.9. The van der Waals surface area contributed by atoms with Gasteiger partial charge in [0, 0.05) is 37.3 Å². The van der Waals surface area contributed by atoms with Gasteiger partial charge in [0.25, 0.3) is 0 Å². The number of likely N-dealkylation sites (tertiary alicyclic amines) is 1. The van der Waals surface area contributed by atoms with Gasteiger partial charge in [-0.3, -0.25) is 4.79 Å². The van der Waals surface area contributed by atoms with Gasteiger partial charge < -0.3 is 15.5 Å². The topological polar surface area (TPSA) is 61.4 Å². The lowest BCUT2D eigenvalue weighted by molar-refractivity contribution is -0.129. The minimum Gasteiger partial charge on any atom is -0.343 e. The molecule has 0 unspecified atom stereocenters. The van der Waals surface area contributed by atoms with Gasteiger partial charge in [-0.1, -0.05) is 12.0 Å². The Bertz CT molecular complexity index is 569. The van der Waals surface area contributed by atoms with Crippen LogP contribution in [0.4, 0.5) is 10.5 Å². The Morgan fingerprint density at radius 3 is 2.67 bits per heavy atom. The first-order valence-corrected chi connectivity index (χ1v) is 6.98. The Balaban J connectivity index is 1.83. The van der Waals surface area contributed by atoms with E-state index in [0.29, 0.717) is 18.8 Å². The largest absolute Gasteiger partial charge is 0.343 e. The molecule has 0 spiro atoms. The van der Waals surface area contributed by atoms with Gasteiger partial charge in [0.15, 0.2) is 0 Å². The average molecular weight is 285 g/mol. The summed E-state index contributed by atoms with van der Waals surface area (Å²) in [5.41, 5.74) is 1.40. The number of piperidine rings is 1. The number of carbonyl (C=O) groups excluding carboxylic acids is 2. The number of amides is 3. The van der Waals surface area contributed by atoms with E-state index in [1.54, 1.807) is 36.1 Å². The lowest BCUT2D eigenvalue weighted by atomic mass is 10.1. The van der Waals surface area contributed by atoms with E-state index in [0.717, 1.165) is 18.4 Å². The summed E-state index contributed by atoms with van der Waals surface area (Å²) in [6, 6.07) is 7.00. The molecular formula is C16H19N3O2. The fourth-order valence-corrected chi connectivity index (χ4v) is 2.38. The van der Waals surface area contributed by atoms with Crippen molar-refractivity contribution in [1.29, 1.82) is 0 Å². The predicted octanol–water partition coefficient (Wildman–Crippen LogP) is 1.80. The fourth-order valence-electron chi connectivity index (χ4n) is 2.38. The zero-order valence-electron chi connectivity index (χ0n) is 12.1. The summed E-state index contributed by atoms with van der Waals surface area (Å²) in [4.78, 5) is 25.0. The zero-order chi connectivity index (χ0) is 15.2. The number of carbonyl (C=O) groups is 2. The predicted molar refractivity (Wildman–Crippen MR) is 81.8 cm³/mol. The molecule has 2 rings (SSSR count). The normalized spacial score (nSPS) is 15.1. The van der Waals surface area contributed by atoms with Crippen LogP contribution in [0.25, 0.3) is 0 Å². The molecule has 5 heteroatoms. The molecule has 1 aliphatic rings. The summed E-state index contributed by atoms with van der Waals surface area (Å²) in [7, 11) is 0. The van der Waals surface area contributed by atoms with E-state index in [1.807, 2.05) is 0 Å². The minimum absolute atomic E-state index is 0.0870. The highest BCUT2D eigenvalue weighted by molar-refractivity contribution is 5.89. The van der Waals surface area contributed by atoms with Gasteiger partial charge >= 0.3 is 6.03 Å². The zero-order valence-corrected chi connectivity index (χ0v) is 12.1. The smallest absolute Gasteiger partial charge is 0.319 e. The van der Waals surface area contributed by atoms with Crippen molar-refractivity contribution in [2.75, 3.05) is 18.4 Å². The number of urea groups is 1. The lowest BCUT2D eigenvalue weighted by Crippen LogP contribution is -2.47. The molecule has 1 saturated heterocycles. The number of nitrogens with zero attached hydrogens (tertiary/aromatic N) is 1. The molecular weight excluding hydrogens is 266 g/mol. The Morgan fingerprint density at radius 2 is 2.05 bits per heavy atom. The van der Waals surface area contributed by atoms with Crippen molar-refractivity contribution in [3.05, 3.63) is 29.8 Å². The van der Waals surface area contributed by atoms with Gasteiger partial charge in [-0.2, -0.15) is 0 Å². The van der Waals surface area contributed by atoms with Gasteiger partial charge in [0.1, 0.15) is 0 Å². The average Bonchev–Trinajstić information content (AvgIpc) is 2.47. The molecule has 1 aromatic carbocycles. The Hall–Kier alpha value is -2.48. The maximum Gasteiger partial charge on any atom is 0.319 e. The number of nitrogens with one attached hydrogen (secondary N) is 2. The standard InChI is InChI=1S/C16H19N3O2/c1-3-13-5-4-6-15(11-13)18-16(21)17-14-7-9-19(10-8-14)12(2)20/h1,4-6,11,14H,7-10H2,2H3,(H2,17,18,21). The third-order valence-corrected chi connectivity index (χ3v) is 3.56. The molecule has 3 amide bonds. The van der Waals surface area contributed by atoms with Crippen molar-refractivity contribution in [1.82, 2.24) is 10.2 Å². The van der Waals surface area contributed by atoms with Crippen molar-refractivity contribution < 1.29 is 9.59 Å². The van der Waals surface area contributed by atoms with Gasteiger partial charge in [0.05, 0.1) is 0 Å². The molecule has 0 bridgehead atoms. The van der Waals surface area contributed by atoms with Crippen LogP contribution in [0, 0.1) is 12.3 Å². The van der Waals surface area contributed by atoms with E-state index in [2.05, 4.69) is 16.6 Å². The molecule has 0 saturated carbocycles. The monoisotopic (exact) mass is 285 g/mol. The highest BCUT2D eigenvalue weighted by atomic mass is 16.2. The lowest BCUT2D eigenvalue weighted by Gasteiger charge is -2.31. The van der Waals surface area contributed by atoms with E-state index in [9.17, 15) is 9.59 Å². The Labute approximate surface area is 124 Å². The van der Waals surface area contributed by atoms with Crippen LogP contribution in [-0.2, 0) is 4.79 Å². The molecule has 1 aromatic rings. The second-order valence-electron chi connectivity index (χ2n) is 5.10. The molecule has 21 heavy (non-hydrogen) atoms. The van der Waals surface area contributed by atoms with Crippen molar-refractivity contribution >= 4 is 17.6 Å². The Kier molecular flexibility index (Phi) is 4.83. The molecule has 5 nitrogen and oxygen atoms in total. The molecule has 110 valence electrons. The maximum atomic E-state index is 11.9. The molecule has 1 aliphatic heterocycles. The fraction of sp³-hybridized carbons (Fsp3) is 0.375. The van der Waals surface area contributed by atoms with Crippen LogP contribution >= 0.6 is 0 Å². The van der Waals surface area contributed by atoms with Crippen molar-refractivity contribution in [3.8, 4) is 12.3 Å². The quantitative estimate of drug-likeness (QED) is 0.814. The number of terminal acetylenes is 1. The molecule has 0 radical (unpaired) electrons. The van der Waals surface area contributed by atoms with Crippen LogP contribution in [0.15, 0.2) is 24.3 Å². The SMILES string of the molecule is C#Cc1cccc(NC(=O)NC2CCN(C(C)=O)CC2)c1. The van der Waals surface area contributed by atoms with Crippen molar-refractivity contribution in [3.63, 3.8) is 0 Å². The summed E-state index contributed by atoms with van der Waals surface area (Å²) in [5, 5.41) is 5.70. The summed E-state index contributed by atoms with van der Waals surface area (Å²) in [5.74, 6) is 2.62. The van der Waals surface area contributed by atoms with E-state index in [-0.39, 0.29) is 18.0 Å². The summed E-state index contributed by atoms with van der Waals surface area (Å²) < 4.78 is 0. The molecule has 0 atom stereocenters. The van der Waals surface area contributed by atoms with E-state index in [1.165, 1.54) is 0 Å². The minimum atomic E-state index is -0.245. The van der Waals surface area contributed by atoms with Crippen LogP contribution in [0.5, 0.6) is 0 Å². The molecule has 0 aliphatic carbocycles. The first-order chi connectivity index (χ1) is 10.1. The summed E-state index contributed by atoms with van der Waals surface area (Å²) in [6.07, 6.45) is 6.88. The van der Waals surface area contributed by atoms with E-state index < -0.39 is 0 Å². The van der Waals surface area contributed by atoms with Gasteiger partial charge in [0.2, 0.25) is 5.91 Å². The highest BCUT2D eigenvalue weighted by Crippen LogP contribution is 2.12. The van der Waals surface area contributed by atoms with Crippen LogP contribution in [0.3, 0.4) is 0 Å². The molecule has 2 N–H and O–H groups in total. The third kappa shape index (κ3) is 4.25. The summed E-state index contributed by atoms with van der Waals surface area (Å²) >= 11 is 0. The van der Waals surface area contributed by atoms with Crippen LogP contribution in [0.1, 0.15) is 25.3 Å². The maximum absolute atomic E-state index is 11.9. The van der Waals surface area contributed by atoms with Crippen LogP contribution in [-0.4, -0.2) is 36.0 Å².